The third kappa shape index (κ3) is 3.39. The molecule has 0 amide bonds. The normalized spacial score (nSPS) is 28.4. The summed E-state index contributed by atoms with van der Waals surface area (Å²) in [7, 11) is 0. The van der Waals surface area contributed by atoms with Crippen molar-refractivity contribution in [1.82, 2.24) is 14.9 Å². The second kappa shape index (κ2) is 6.52. The largest absolute Gasteiger partial charge is 0.383 e. The molecule has 2 aliphatic rings. The molecule has 2 aromatic rings. The highest BCUT2D eigenvalue weighted by atomic mass is 16.1. The van der Waals surface area contributed by atoms with E-state index in [-0.39, 0.29) is 11.5 Å². The first kappa shape index (κ1) is 17.2. The third-order valence-corrected chi connectivity index (χ3v) is 5.85. The molecule has 1 unspecified atom stereocenters. The van der Waals surface area contributed by atoms with E-state index in [2.05, 4.69) is 29.4 Å². The van der Waals surface area contributed by atoms with Crippen molar-refractivity contribution in [2.45, 2.75) is 57.2 Å². The number of anilines is 1. The number of rotatable bonds is 5. The van der Waals surface area contributed by atoms with Gasteiger partial charge in [-0.2, -0.15) is 4.98 Å². The van der Waals surface area contributed by atoms with Crippen molar-refractivity contribution in [2.24, 2.45) is 11.1 Å². The number of nitrogen functional groups attached to an aromatic ring is 1. The number of nitrogens with one attached hydrogen (secondary N) is 1. The zero-order chi connectivity index (χ0) is 18.3. The molecule has 2 fully saturated rings. The zero-order valence-electron chi connectivity index (χ0n) is 15.2. The lowest BCUT2D eigenvalue weighted by Crippen LogP contribution is -2.60. The Morgan fingerprint density at radius 3 is 2.54 bits per heavy atom. The van der Waals surface area contributed by atoms with E-state index in [0.717, 1.165) is 12.1 Å². The highest BCUT2D eigenvalue weighted by Crippen LogP contribution is 2.55. The van der Waals surface area contributed by atoms with Crippen LogP contribution in [0.4, 0.5) is 5.82 Å². The van der Waals surface area contributed by atoms with E-state index >= 15 is 0 Å². The van der Waals surface area contributed by atoms with Crippen LogP contribution >= 0.6 is 0 Å². The number of nitrogens with two attached hydrogens (primary N) is 2. The summed E-state index contributed by atoms with van der Waals surface area (Å²) in [6.07, 6.45) is 7.59. The Balaban J connectivity index is 1.32. The Bertz CT molecular complexity index is 830. The lowest BCUT2D eigenvalue weighted by molar-refractivity contribution is -0.0208. The topological polar surface area (TPSA) is 99.0 Å². The molecule has 1 spiro atoms. The molecular weight excluding hydrogens is 326 g/mol. The summed E-state index contributed by atoms with van der Waals surface area (Å²) >= 11 is 0. The Morgan fingerprint density at radius 2 is 1.92 bits per heavy atom. The molecule has 5 N–H and O–H groups in total. The van der Waals surface area contributed by atoms with Crippen molar-refractivity contribution in [2.75, 3.05) is 5.73 Å². The molecule has 6 nitrogen and oxygen atoms in total. The number of benzene rings is 1. The molecule has 26 heavy (non-hydrogen) atoms. The second-order valence-electron chi connectivity index (χ2n) is 8.22. The van der Waals surface area contributed by atoms with Gasteiger partial charge in [-0.1, -0.05) is 12.1 Å². The fourth-order valence-electron chi connectivity index (χ4n) is 4.71. The van der Waals surface area contributed by atoms with Gasteiger partial charge in [0.2, 0.25) is 0 Å². The summed E-state index contributed by atoms with van der Waals surface area (Å²) in [6.45, 7) is 2.24. The van der Waals surface area contributed by atoms with Crippen LogP contribution in [0.3, 0.4) is 0 Å². The summed E-state index contributed by atoms with van der Waals surface area (Å²) < 4.78 is 1.50. The van der Waals surface area contributed by atoms with Gasteiger partial charge in [-0.3, -0.25) is 4.57 Å². The third-order valence-electron chi connectivity index (χ3n) is 5.85. The highest BCUT2D eigenvalue weighted by Gasteiger charge is 2.51. The average molecular weight is 353 g/mol. The quantitative estimate of drug-likeness (QED) is 0.758. The SMILES string of the molecule is CC(Cc1ccc(-n2ccc(N)nc2=O)cc1)NC1CC2(CC(N)C2)C1. The molecule has 2 aliphatic carbocycles. The first-order valence-corrected chi connectivity index (χ1v) is 9.39. The molecule has 138 valence electrons. The minimum atomic E-state index is -0.359. The number of nitrogens with zero attached hydrogens (tertiary/aromatic N) is 2. The van der Waals surface area contributed by atoms with Gasteiger partial charge >= 0.3 is 5.69 Å². The van der Waals surface area contributed by atoms with Gasteiger partial charge in [-0.05, 0) is 68.2 Å². The van der Waals surface area contributed by atoms with E-state index in [9.17, 15) is 4.79 Å². The molecule has 1 atom stereocenters. The van der Waals surface area contributed by atoms with Crippen LogP contribution < -0.4 is 22.5 Å². The smallest absolute Gasteiger partial charge is 0.354 e. The van der Waals surface area contributed by atoms with Gasteiger partial charge < -0.3 is 16.8 Å². The Morgan fingerprint density at radius 1 is 1.23 bits per heavy atom. The molecule has 4 rings (SSSR count). The van der Waals surface area contributed by atoms with Crippen LogP contribution in [0.1, 0.15) is 38.2 Å². The summed E-state index contributed by atoms with van der Waals surface area (Å²) in [4.78, 5) is 15.7. The number of hydrogen-bond donors (Lipinski definition) is 3. The van der Waals surface area contributed by atoms with E-state index in [1.807, 2.05) is 12.1 Å². The lowest BCUT2D eigenvalue weighted by Gasteiger charge is -2.57. The molecule has 2 saturated carbocycles. The Kier molecular flexibility index (Phi) is 4.32. The van der Waals surface area contributed by atoms with Crippen LogP contribution in [0.2, 0.25) is 0 Å². The van der Waals surface area contributed by atoms with Gasteiger partial charge in [0.15, 0.2) is 0 Å². The van der Waals surface area contributed by atoms with Crippen LogP contribution in [0, 0.1) is 5.41 Å². The summed E-state index contributed by atoms with van der Waals surface area (Å²) in [5.41, 5.74) is 13.7. The fraction of sp³-hybridized carbons (Fsp3) is 0.500. The van der Waals surface area contributed by atoms with Gasteiger partial charge in [-0.25, -0.2) is 4.79 Å². The highest BCUT2D eigenvalue weighted by molar-refractivity contribution is 5.36. The number of aromatic nitrogens is 2. The summed E-state index contributed by atoms with van der Waals surface area (Å²) in [5.74, 6) is 0.240. The average Bonchev–Trinajstić information content (AvgIpc) is 2.52. The van der Waals surface area contributed by atoms with Gasteiger partial charge in [0.1, 0.15) is 5.82 Å². The standard InChI is InChI=1S/C20H27N5O/c1-13(23-16-11-20(12-16)9-15(21)10-20)8-14-2-4-17(5-3-14)25-7-6-18(22)24-19(25)26/h2-7,13,15-16,23H,8-12,21H2,1H3,(H2,22,24,26). The predicted molar refractivity (Wildman–Crippen MR) is 103 cm³/mol. The molecule has 0 saturated heterocycles. The van der Waals surface area contributed by atoms with Gasteiger partial charge in [0.05, 0.1) is 5.69 Å². The van der Waals surface area contributed by atoms with E-state index in [1.165, 1.54) is 35.8 Å². The van der Waals surface area contributed by atoms with E-state index in [0.29, 0.717) is 23.5 Å². The van der Waals surface area contributed by atoms with E-state index in [1.54, 1.807) is 12.3 Å². The maximum absolute atomic E-state index is 11.9. The molecular formula is C20H27N5O. The van der Waals surface area contributed by atoms with Crippen LogP contribution in [-0.2, 0) is 6.42 Å². The molecule has 1 heterocycles. The van der Waals surface area contributed by atoms with Crippen LogP contribution in [0.5, 0.6) is 0 Å². The fourth-order valence-corrected chi connectivity index (χ4v) is 4.71. The molecule has 1 aromatic heterocycles. The van der Waals surface area contributed by atoms with Crippen molar-refractivity contribution >= 4 is 5.82 Å². The zero-order valence-corrected chi connectivity index (χ0v) is 15.2. The van der Waals surface area contributed by atoms with Gasteiger partial charge in [-0.15, -0.1) is 0 Å². The lowest BCUT2D eigenvalue weighted by atomic mass is 9.52. The van der Waals surface area contributed by atoms with Crippen LogP contribution in [0.25, 0.3) is 5.69 Å². The summed E-state index contributed by atoms with van der Waals surface area (Å²) in [6, 6.07) is 11.2. The minimum Gasteiger partial charge on any atom is -0.383 e. The van der Waals surface area contributed by atoms with Gasteiger partial charge in [0, 0.05) is 24.3 Å². The van der Waals surface area contributed by atoms with Crippen molar-refractivity contribution in [3.8, 4) is 5.69 Å². The molecule has 0 radical (unpaired) electrons. The van der Waals surface area contributed by atoms with Crippen LogP contribution in [-0.4, -0.2) is 27.7 Å². The van der Waals surface area contributed by atoms with Gasteiger partial charge in [0.25, 0.3) is 0 Å². The molecule has 0 bridgehead atoms. The first-order valence-electron chi connectivity index (χ1n) is 9.39. The van der Waals surface area contributed by atoms with E-state index < -0.39 is 0 Å². The monoisotopic (exact) mass is 353 g/mol. The first-order chi connectivity index (χ1) is 12.4. The number of hydrogen-bond acceptors (Lipinski definition) is 5. The van der Waals surface area contributed by atoms with Crippen molar-refractivity contribution < 1.29 is 0 Å². The second-order valence-corrected chi connectivity index (χ2v) is 8.22. The summed E-state index contributed by atoms with van der Waals surface area (Å²) in [5, 5.41) is 3.74. The molecule has 0 aliphatic heterocycles. The van der Waals surface area contributed by atoms with Crippen molar-refractivity contribution in [1.29, 1.82) is 0 Å². The Labute approximate surface area is 153 Å². The van der Waals surface area contributed by atoms with Crippen LogP contribution in [0.15, 0.2) is 41.3 Å². The van der Waals surface area contributed by atoms with Crippen molar-refractivity contribution in [3.05, 3.63) is 52.6 Å². The molecule has 6 heteroatoms. The maximum atomic E-state index is 11.9. The predicted octanol–water partition coefficient (Wildman–Crippen LogP) is 1.61. The Hall–Kier alpha value is -2.18. The van der Waals surface area contributed by atoms with E-state index in [4.69, 9.17) is 11.5 Å². The molecule has 1 aromatic carbocycles. The maximum Gasteiger partial charge on any atom is 0.354 e. The van der Waals surface area contributed by atoms with Crippen molar-refractivity contribution in [3.63, 3.8) is 0 Å². The minimum absolute atomic E-state index is 0.240.